The molecule has 5 heteroatoms. The summed E-state index contributed by atoms with van der Waals surface area (Å²) in [7, 11) is 1.47. The highest BCUT2D eigenvalue weighted by molar-refractivity contribution is 5.90. The average Bonchev–Trinajstić information content (AvgIpc) is 2.25. The first-order valence-corrected chi connectivity index (χ1v) is 4.87. The maximum absolute atomic E-state index is 10.9. The van der Waals surface area contributed by atoms with Crippen molar-refractivity contribution in [2.75, 3.05) is 7.11 Å². The molecule has 0 heterocycles. The third-order valence-electron chi connectivity index (χ3n) is 1.88. The Balaban J connectivity index is 3.03. The van der Waals surface area contributed by atoms with Crippen molar-refractivity contribution in [1.82, 2.24) is 0 Å². The molecule has 0 atom stereocenters. The lowest BCUT2D eigenvalue weighted by atomic mass is 10.2. The number of benzene rings is 1. The minimum atomic E-state index is -0.546. The summed E-state index contributed by atoms with van der Waals surface area (Å²) in [4.78, 5) is 21.5. The predicted octanol–water partition coefficient (Wildman–Crippen LogP) is 1.12. The molecule has 0 saturated heterocycles. The van der Waals surface area contributed by atoms with Crippen molar-refractivity contribution in [3.05, 3.63) is 29.8 Å². The van der Waals surface area contributed by atoms with E-state index in [-0.39, 0.29) is 0 Å². The zero-order valence-electron chi connectivity index (χ0n) is 9.60. The van der Waals surface area contributed by atoms with Crippen LogP contribution in [0.1, 0.15) is 12.5 Å². The van der Waals surface area contributed by atoms with Crippen molar-refractivity contribution >= 4 is 18.0 Å². The number of hydrogen-bond donors (Lipinski definition) is 1. The third kappa shape index (κ3) is 3.98. The summed E-state index contributed by atoms with van der Waals surface area (Å²) >= 11 is 0. The van der Waals surface area contributed by atoms with Gasteiger partial charge in [0.05, 0.1) is 7.11 Å². The van der Waals surface area contributed by atoms with Crippen LogP contribution in [0.3, 0.4) is 0 Å². The summed E-state index contributed by atoms with van der Waals surface area (Å²) in [5.41, 5.74) is 5.66. The molecule has 0 bridgehead atoms. The van der Waals surface area contributed by atoms with E-state index in [9.17, 15) is 9.59 Å². The van der Waals surface area contributed by atoms with E-state index in [1.54, 1.807) is 18.2 Å². The van der Waals surface area contributed by atoms with Gasteiger partial charge in [0.2, 0.25) is 5.91 Å². The van der Waals surface area contributed by atoms with Gasteiger partial charge in [0.15, 0.2) is 11.5 Å². The SMILES string of the molecule is COc1ccc(C=CC(N)=O)cc1OC(C)=O. The summed E-state index contributed by atoms with van der Waals surface area (Å²) in [5.74, 6) is -0.253. The fourth-order valence-corrected chi connectivity index (χ4v) is 1.21. The van der Waals surface area contributed by atoms with E-state index in [4.69, 9.17) is 15.2 Å². The molecule has 0 aromatic heterocycles. The van der Waals surface area contributed by atoms with E-state index in [0.29, 0.717) is 17.1 Å². The van der Waals surface area contributed by atoms with Crippen molar-refractivity contribution in [2.45, 2.75) is 6.92 Å². The Bertz CT molecular complexity index is 466. The van der Waals surface area contributed by atoms with E-state index >= 15 is 0 Å². The van der Waals surface area contributed by atoms with E-state index in [1.165, 1.54) is 26.2 Å². The number of esters is 1. The Morgan fingerprint density at radius 3 is 2.53 bits per heavy atom. The van der Waals surface area contributed by atoms with Gasteiger partial charge in [0.1, 0.15) is 0 Å². The molecule has 0 aliphatic carbocycles. The summed E-state index contributed by atoms with van der Waals surface area (Å²) in [5, 5.41) is 0. The van der Waals surface area contributed by atoms with Crippen LogP contribution in [0, 0.1) is 0 Å². The average molecular weight is 235 g/mol. The number of hydrogen-bond acceptors (Lipinski definition) is 4. The van der Waals surface area contributed by atoms with Crippen molar-refractivity contribution in [1.29, 1.82) is 0 Å². The first kappa shape index (κ1) is 12.8. The van der Waals surface area contributed by atoms with Gasteiger partial charge in [0, 0.05) is 13.0 Å². The van der Waals surface area contributed by atoms with Crippen LogP contribution in [0.15, 0.2) is 24.3 Å². The molecule has 90 valence electrons. The number of methoxy groups -OCH3 is 1. The summed E-state index contributed by atoms with van der Waals surface area (Å²) in [6.07, 6.45) is 2.74. The van der Waals surface area contributed by atoms with Crippen molar-refractivity contribution in [3.63, 3.8) is 0 Å². The van der Waals surface area contributed by atoms with E-state index in [0.717, 1.165) is 0 Å². The van der Waals surface area contributed by atoms with Gasteiger partial charge in [-0.2, -0.15) is 0 Å². The maximum atomic E-state index is 10.9. The molecule has 1 amide bonds. The van der Waals surface area contributed by atoms with Crippen LogP contribution in [0.4, 0.5) is 0 Å². The normalized spacial score (nSPS) is 10.2. The minimum Gasteiger partial charge on any atom is -0.493 e. The molecule has 1 aromatic rings. The number of carbonyl (C=O) groups is 2. The first-order chi connectivity index (χ1) is 8.02. The Hall–Kier alpha value is -2.30. The second-order valence-corrected chi connectivity index (χ2v) is 3.24. The number of rotatable bonds is 4. The van der Waals surface area contributed by atoms with Gasteiger partial charge in [-0.3, -0.25) is 9.59 Å². The number of nitrogens with two attached hydrogens (primary N) is 1. The fourth-order valence-electron chi connectivity index (χ4n) is 1.21. The molecule has 0 radical (unpaired) electrons. The largest absolute Gasteiger partial charge is 0.493 e. The second kappa shape index (κ2) is 5.69. The number of ether oxygens (including phenoxy) is 2. The molecule has 0 unspecified atom stereocenters. The molecule has 1 rings (SSSR count). The molecular weight excluding hydrogens is 222 g/mol. The first-order valence-electron chi connectivity index (χ1n) is 4.87. The maximum Gasteiger partial charge on any atom is 0.308 e. The zero-order chi connectivity index (χ0) is 12.8. The monoisotopic (exact) mass is 235 g/mol. The van der Waals surface area contributed by atoms with E-state index in [1.807, 2.05) is 0 Å². The molecule has 5 nitrogen and oxygen atoms in total. The van der Waals surface area contributed by atoms with Crippen molar-refractivity contribution < 1.29 is 19.1 Å². The number of amides is 1. The van der Waals surface area contributed by atoms with Crippen molar-refractivity contribution in [3.8, 4) is 11.5 Å². The van der Waals surface area contributed by atoms with Crippen molar-refractivity contribution in [2.24, 2.45) is 5.73 Å². The number of carbonyl (C=O) groups excluding carboxylic acids is 2. The van der Waals surface area contributed by atoms with Crippen LogP contribution in [-0.4, -0.2) is 19.0 Å². The van der Waals surface area contributed by atoms with Crippen LogP contribution in [-0.2, 0) is 9.59 Å². The van der Waals surface area contributed by atoms with Gasteiger partial charge < -0.3 is 15.2 Å². The van der Waals surface area contributed by atoms with Gasteiger partial charge in [0.25, 0.3) is 0 Å². The third-order valence-corrected chi connectivity index (χ3v) is 1.88. The molecule has 17 heavy (non-hydrogen) atoms. The lowest BCUT2D eigenvalue weighted by molar-refractivity contribution is -0.132. The standard InChI is InChI=1S/C12H13NO4/c1-8(14)17-11-7-9(4-6-12(13)15)3-5-10(11)16-2/h3-7H,1-2H3,(H2,13,15). The molecule has 0 saturated carbocycles. The highest BCUT2D eigenvalue weighted by Gasteiger charge is 2.07. The molecule has 0 aliphatic heterocycles. The molecule has 1 aromatic carbocycles. The smallest absolute Gasteiger partial charge is 0.308 e. The van der Waals surface area contributed by atoms with Gasteiger partial charge in [-0.05, 0) is 23.8 Å². The lowest BCUT2D eigenvalue weighted by Gasteiger charge is -2.08. The summed E-state index contributed by atoms with van der Waals surface area (Å²) < 4.78 is 10.0. The Morgan fingerprint density at radius 1 is 1.29 bits per heavy atom. The van der Waals surface area contributed by atoms with Crippen LogP contribution in [0.5, 0.6) is 11.5 Å². The van der Waals surface area contributed by atoms with Gasteiger partial charge in [-0.25, -0.2) is 0 Å². The fraction of sp³-hybridized carbons (Fsp3) is 0.167. The molecule has 0 fully saturated rings. The van der Waals surface area contributed by atoms with Crippen LogP contribution >= 0.6 is 0 Å². The second-order valence-electron chi connectivity index (χ2n) is 3.24. The van der Waals surface area contributed by atoms with Gasteiger partial charge in [-0.1, -0.05) is 6.07 Å². The van der Waals surface area contributed by atoms with Crippen LogP contribution < -0.4 is 15.2 Å². The summed E-state index contributed by atoms with van der Waals surface area (Å²) in [6, 6.07) is 4.93. The van der Waals surface area contributed by atoms with E-state index < -0.39 is 11.9 Å². The Kier molecular flexibility index (Phi) is 4.28. The van der Waals surface area contributed by atoms with E-state index in [2.05, 4.69) is 0 Å². The molecular formula is C12H13NO4. The molecule has 2 N–H and O–H groups in total. The topological polar surface area (TPSA) is 78.6 Å². The van der Waals surface area contributed by atoms with Crippen LogP contribution in [0.25, 0.3) is 6.08 Å². The van der Waals surface area contributed by atoms with Gasteiger partial charge in [-0.15, -0.1) is 0 Å². The quantitative estimate of drug-likeness (QED) is 0.482. The lowest BCUT2D eigenvalue weighted by Crippen LogP contribution is -2.05. The highest BCUT2D eigenvalue weighted by Crippen LogP contribution is 2.28. The van der Waals surface area contributed by atoms with Crippen LogP contribution in [0.2, 0.25) is 0 Å². The predicted molar refractivity (Wildman–Crippen MR) is 62.5 cm³/mol. The molecule has 0 aliphatic rings. The van der Waals surface area contributed by atoms with Gasteiger partial charge >= 0.3 is 5.97 Å². The highest BCUT2D eigenvalue weighted by atomic mass is 16.6. The summed E-state index contributed by atoms with van der Waals surface area (Å²) in [6.45, 7) is 1.30. The minimum absolute atomic E-state index is 0.298. The number of primary amides is 1. The Labute approximate surface area is 98.8 Å². The molecule has 0 spiro atoms. The zero-order valence-corrected chi connectivity index (χ0v) is 9.60. The Morgan fingerprint density at radius 2 is 2.00 bits per heavy atom.